The molecule has 0 aromatic carbocycles. The molecule has 2 aliphatic rings. The van der Waals surface area contributed by atoms with Crippen molar-refractivity contribution in [1.29, 1.82) is 0 Å². The van der Waals surface area contributed by atoms with Crippen molar-refractivity contribution in [3.63, 3.8) is 0 Å². The van der Waals surface area contributed by atoms with E-state index in [2.05, 4.69) is 22.3 Å². The zero-order valence-electron chi connectivity index (χ0n) is 13.6. The van der Waals surface area contributed by atoms with Crippen LogP contribution in [0.3, 0.4) is 0 Å². The van der Waals surface area contributed by atoms with E-state index in [0.717, 1.165) is 11.3 Å². The number of carboxylic acids is 1. The monoisotopic (exact) mass is 338 g/mol. The van der Waals surface area contributed by atoms with Crippen molar-refractivity contribution in [2.75, 3.05) is 13.2 Å². The fourth-order valence-electron chi connectivity index (χ4n) is 3.34. The number of hydrogen-bond donors (Lipinski definition) is 1. The molecule has 0 spiro atoms. The Balaban J connectivity index is 1.44. The Morgan fingerprint density at radius 3 is 2.72 bits per heavy atom. The summed E-state index contributed by atoms with van der Waals surface area (Å²) >= 11 is 0. The number of aromatic nitrogens is 4. The van der Waals surface area contributed by atoms with E-state index in [9.17, 15) is 9.90 Å². The fourth-order valence-corrected chi connectivity index (χ4v) is 3.34. The molecule has 4 heterocycles. The summed E-state index contributed by atoms with van der Waals surface area (Å²) in [5.74, 6) is -0.168. The number of hydrogen-bond acceptors (Lipinski definition) is 4. The Labute approximate surface area is 143 Å². The van der Waals surface area contributed by atoms with E-state index >= 15 is 0 Å². The SMILES string of the molecule is O=C(O)c1cn(Cc2cn3cc(C4CC4)ccc3n2)nc1C1COC1. The van der Waals surface area contributed by atoms with Gasteiger partial charge >= 0.3 is 5.97 Å². The number of ether oxygens (including phenoxy) is 1. The third kappa shape index (κ3) is 2.60. The fraction of sp³-hybridized carbons (Fsp3) is 0.389. The average Bonchev–Trinajstić information content (AvgIpc) is 3.18. The standard InChI is InChI=1S/C18H18N4O3/c23-18(24)15-8-22(20-17(15)13-9-25-10-13)7-14-6-21-5-12(11-1-2-11)3-4-16(21)19-14/h3-6,8,11,13H,1-2,7,9-10H2,(H,23,24). The van der Waals surface area contributed by atoms with Crippen LogP contribution >= 0.6 is 0 Å². The predicted molar refractivity (Wildman–Crippen MR) is 89.0 cm³/mol. The minimum absolute atomic E-state index is 0.0783. The molecule has 1 saturated carbocycles. The molecular formula is C18H18N4O3. The number of pyridine rings is 1. The Morgan fingerprint density at radius 1 is 1.20 bits per heavy atom. The van der Waals surface area contributed by atoms with Gasteiger partial charge in [0.1, 0.15) is 11.2 Å². The second-order valence-corrected chi connectivity index (χ2v) is 6.90. The molecule has 5 rings (SSSR count). The van der Waals surface area contributed by atoms with E-state index in [1.54, 1.807) is 10.9 Å². The van der Waals surface area contributed by atoms with Gasteiger partial charge in [-0.15, -0.1) is 0 Å². The molecule has 0 atom stereocenters. The first-order valence-electron chi connectivity index (χ1n) is 8.53. The molecule has 7 nitrogen and oxygen atoms in total. The Hall–Kier alpha value is -2.67. The lowest BCUT2D eigenvalue weighted by atomic mass is 10.0. The van der Waals surface area contributed by atoms with Crippen LogP contribution in [0, 0.1) is 0 Å². The molecule has 3 aromatic rings. The maximum atomic E-state index is 11.5. The van der Waals surface area contributed by atoms with Gasteiger partial charge in [0, 0.05) is 18.6 Å². The molecule has 0 amide bonds. The highest BCUT2D eigenvalue weighted by Crippen LogP contribution is 2.39. The molecule has 1 aliphatic heterocycles. The topological polar surface area (TPSA) is 81.7 Å². The summed E-state index contributed by atoms with van der Waals surface area (Å²) in [6.45, 7) is 1.53. The summed E-state index contributed by atoms with van der Waals surface area (Å²) in [5.41, 5.74) is 3.99. The molecule has 0 radical (unpaired) electrons. The summed E-state index contributed by atoms with van der Waals surface area (Å²) < 4.78 is 8.88. The molecule has 1 N–H and O–H groups in total. The van der Waals surface area contributed by atoms with E-state index in [1.165, 1.54) is 18.4 Å². The maximum Gasteiger partial charge on any atom is 0.339 e. The van der Waals surface area contributed by atoms with E-state index in [1.807, 2.05) is 16.7 Å². The van der Waals surface area contributed by atoms with Gasteiger partial charge in [-0.25, -0.2) is 9.78 Å². The Morgan fingerprint density at radius 2 is 2.04 bits per heavy atom. The van der Waals surface area contributed by atoms with Crippen LogP contribution in [0.15, 0.2) is 30.7 Å². The number of imidazole rings is 1. The molecular weight excluding hydrogens is 320 g/mol. The normalized spacial score (nSPS) is 17.8. The number of carbonyl (C=O) groups is 1. The highest BCUT2D eigenvalue weighted by atomic mass is 16.5. The van der Waals surface area contributed by atoms with E-state index in [0.29, 0.717) is 31.4 Å². The summed E-state index contributed by atoms with van der Waals surface area (Å²) in [4.78, 5) is 16.1. The molecule has 1 saturated heterocycles. The van der Waals surface area contributed by atoms with Crippen molar-refractivity contribution in [3.8, 4) is 0 Å². The predicted octanol–water partition coefficient (Wildman–Crippen LogP) is 2.27. The largest absolute Gasteiger partial charge is 0.478 e. The summed E-state index contributed by atoms with van der Waals surface area (Å²) in [7, 11) is 0. The van der Waals surface area contributed by atoms with Gasteiger partial charge in [0.15, 0.2) is 0 Å². The zero-order valence-corrected chi connectivity index (χ0v) is 13.6. The zero-order chi connectivity index (χ0) is 17.0. The lowest BCUT2D eigenvalue weighted by molar-refractivity contribution is 0.00597. The van der Waals surface area contributed by atoms with Gasteiger partial charge in [-0.3, -0.25) is 4.68 Å². The van der Waals surface area contributed by atoms with Crippen LogP contribution in [0.25, 0.3) is 5.65 Å². The molecule has 7 heteroatoms. The van der Waals surface area contributed by atoms with Crippen LogP contribution in [0.1, 0.15) is 52.0 Å². The minimum Gasteiger partial charge on any atom is -0.478 e. The number of aromatic carboxylic acids is 1. The maximum absolute atomic E-state index is 11.5. The summed E-state index contributed by atoms with van der Waals surface area (Å²) in [6, 6.07) is 4.19. The first-order valence-corrected chi connectivity index (χ1v) is 8.53. The van der Waals surface area contributed by atoms with Crippen LogP contribution < -0.4 is 0 Å². The van der Waals surface area contributed by atoms with Crippen LogP contribution in [0.4, 0.5) is 0 Å². The van der Waals surface area contributed by atoms with Crippen molar-refractivity contribution >= 4 is 11.6 Å². The van der Waals surface area contributed by atoms with Gasteiger partial charge in [0.2, 0.25) is 0 Å². The Kier molecular flexibility index (Phi) is 3.18. The molecule has 3 aromatic heterocycles. The first kappa shape index (κ1) is 14.7. The third-order valence-electron chi connectivity index (χ3n) is 4.94. The van der Waals surface area contributed by atoms with Crippen molar-refractivity contribution in [3.05, 3.63) is 53.2 Å². The number of rotatable bonds is 5. The molecule has 0 unspecified atom stereocenters. The second-order valence-electron chi connectivity index (χ2n) is 6.90. The van der Waals surface area contributed by atoms with Gasteiger partial charge in [0.05, 0.1) is 37.1 Å². The minimum atomic E-state index is -0.947. The molecule has 2 fully saturated rings. The number of nitrogens with zero attached hydrogens (tertiary/aromatic N) is 4. The Bertz CT molecular complexity index is 966. The van der Waals surface area contributed by atoms with Crippen LogP contribution in [0.5, 0.6) is 0 Å². The number of fused-ring (bicyclic) bond motifs is 1. The van der Waals surface area contributed by atoms with Crippen molar-refractivity contribution in [2.45, 2.75) is 31.2 Å². The molecule has 1 aliphatic carbocycles. The molecule has 0 bridgehead atoms. The third-order valence-corrected chi connectivity index (χ3v) is 4.94. The van der Waals surface area contributed by atoms with Gasteiger partial charge in [-0.1, -0.05) is 6.07 Å². The second kappa shape index (κ2) is 5.42. The van der Waals surface area contributed by atoms with Gasteiger partial charge in [-0.2, -0.15) is 5.10 Å². The lowest BCUT2D eigenvalue weighted by Gasteiger charge is -2.24. The van der Waals surface area contributed by atoms with E-state index < -0.39 is 5.97 Å². The lowest BCUT2D eigenvalue weighted by Crippen LogP contribution is -2.27. The van der Waals surface area contributed by atoms with Gasteiger partial charge < -0.3 is 14.2 Å². The smallest absolute Gasteiger partial charge is 0.339 e. The van der Waals surface area contributed by atoms with Gasteiger partial charge in [-0.05, 0) is 30.4 Å². The van der Waals surface area contributed by atoms with Crippen molar-refractivity contribution in [2.24, 2.45) is 0 Å². The highest BCUT2D eigenvalue weighted by molar-refractivity contribution is 5.88. The highest BCUT2D eigenvalue weighted by Gasteiger charge is 2.29. The van der Waals surface area contributed by atoms with Crippen LogP contribution in [-0.2, 0) is 11.3 Å². The summed E-state index contributed by atoms with van der Waals surface area (Å²) in [6.07, 6.45) is 8.27. The summed E-state index contributed by atoms with van der Waals surface area (Å²) in [5, 5.41) is 13.9. The molecule has 25 heavy (non-hydrogen) atoms. The van der Waals surface area contributed by atoms with E-state index in [4.69, 9.17) is 4.74 Å². The quantitative estimate of drug-likeness (QED) is 0.772. The number of carboxylic acid groups (broad SMARTS) is 1. The molecule has 128 valence electrons. The van der Waals surface area contributed by atoms with Crippen molar-refractivity contribution in [1.82, 2.24) is 19.2 Å². The van der Waals surface area contributed by atoms with Crippen LogP contribution in [-0.4, -0.2) is 43.5 Å². The van der Waals surface area contributed by atoms with E-state index in [-0.39, 0.29) is 11.5 Å². The van der Waals surface area contributed by atoms with Crippen LogP contribution in [0.2, 0.25) is 0 Å². The van der Waals surface area contributed by atoms with Crippen molar-refractivity contribution < 1.29 is 14.6 Å². The van der Waals surface area contributed by atoms with Gasteiger partial charge in [0.25, 0.3) is 0 Å². The first-order chi connectivity index (χ1) is 12.2. The average molecular weight is 338 g/mol.